The van der Waals surface area contributed by atoms with Gasteiger partial charge < -0.3 is 49.1 Å². The molecular weight excluding hydrogens is 706 g/mol. The Kier molecular flexibility index (Phi) is 7.98. The topological polar surface area (TPSA) is 180 Å². The number of phenolic OH excluding ortho intramolecular Hbond substituents is 2. The molecule has 0 radical (unpaired) electrons. The second-order valence-electron chi connectivity index (χ2n) is 14.4. The Bertz CT molecular complexity index is 2090. The van der Waals surface area contributed by atoms with E-state index >= 15 is 0 Å². The van der Waals surface area contributed by atoms with Gasteiger partial charge >= 0.3 is 11.9 Å². The molecule has 0 aliphatic carbocycles. The zero-order valence-corrected chi connectivity index (χ0v) is 30.7. The molecule has 3 unspecified atom stereocenters. The largest absolute Gasteiger partial charge is 0.654 e. The maximum absolute atomic E-state index is 14.7. The molecule has 14 nitrogen and oxygen atoms in total. The van der Waals surface area contributed by atoms with Crippen molar-refractivity contribution in [2.75, 3.05) is 46.5 Å². The first kappa shape index (κ1) is 34.4. The molecule has 1 spiro atoms. The lowest BCUT2D eigenvalue weighted by Gasteiger charge is -2.54. The summed E-state index contributed by atoms with van der Waals surface area (Å²) < 4.78 is 35.8. The van der Waals surface area contributed by atoms with Crippen molar-refractivity contribution >= 4 is 23.7 Å². The molecule has 4 bridgehead atoms. The van der Waals surface area contributed by atoms with Crippen LogP contribution in [0.3, 0.4) is 0 Å². The lowest BCUT2D eigenvalue weighted by atomic mass is 9.79. The SMILES string of the molecule is COc1cc2c(cc1O)CCN[C@]21CS[C@@H]2c3c(OC(C)=O)c(C)c4c(c3[C@H](COC1=O)N1C2[C@@H]2[N-]CC(c3cc(C)c(OC)c(O)c32)[C@@H]1O)OCO4. The number of hydrogen-bond donors (Lipinski definition) is 4. The van der Waals surface area contributed by atoms with Gasteiger partial charge in [0.25, 0.3) is 0 Å². The predicted octanol–water partition coefficient (Wildman–Crippen LogP) is 4.03. The maximum Gasteiger partial charge on any atom is 0.331 e. The molecule has 8 heterocycles. The molecule has 8 aliphatic heterocycles. The highest BCUT2D eigenvalue weighted by Gasteiger charge is 2.57. The van der Waals surface area contributed by atoms with Crippen LogP contribution in [0.25, 0.3) is 5.32 Å². The van der Waals surface area contributed by atoms with Crippen LogP contribution in [0, 0.1) is 13.8 Å². The number of nitrogens with zero attached hydrogens (tertiary/aromatic N) is 2. The Morgan fingerprint density at radius 3 is 2.60 bits per heavy atom. The van der Waals surface area contributed by atoms with Crippen molar-refractivity contribution in [1.29, 1.82) is 0 Å². The molecule has 0 amide bonds. The molecule has 4 N–H and O–H groups in total. The minimum Gasteiger partial charge on any atom is -0.654 e. The van der Waals surface area contributed by atoms with Gasteiger partial charge in [0.05, 0.1) is 20.3 Å². The predicted molar refractivity (Wildman–Crippen MR) is 190 cm³/mol. The lowest BCUT2D eigenvalue weighted by Crippen LogP contribution is -2.59. The van der Waals surface area contributed by atoms with E-state index in [0.717, 1.165) is 16.7 Å². The second kappa shape index (κ2) is 12.3. The van der Waals surface area contributed by atoms with Gasteiger partial charge in [0.1, 0.15) is 18.6 Å². The molecule has 3 aromatic rings. The van der Waals surface area contributed by atoms with Gasteiger partial charge in [-0.1, -0.05) is 12.1 Å². The molecular formula is C38H40N3O11S-. The van der Waals surface area contributed by atoms with E-state index in [4.69, 9.17) is 33.7 Å². The summed E-state index contributed by atoms with van der Waals surface area (Å²) in [6.45, 7) is 5.44. The van der Waals surface area contributed by atoms with Crippen molar-refractivity contribution in [3.05, 3.63) is 68.0 Å². The van der Waals surface area contributed by atoms with Gasteiger partial charge in [-0.15, -0.1) is 18.3 Å². The number of aromatic hydroxyl groups is 2. The van der Waals surface area contributed by atoms with Crippen LogP contribution >= 0.6 is 11.8 Å². The molecule has 15 heteroatoms. The molecule has 3 aromatic carbocycles. The fourth-order valence-electron chi connectivity index (χ4n) is 9.52. The summed E-state index contributed by atoms with van der Waals surface area (Å²) >= 11 is 1.43. The number of aryl methyl sites for hydroxylation is 1. The fourth-order valence-corrected chi connectivity index (χ4v) is 11.2. The van der Waals surface area contributed by atoms with E-state index in [0.29, 0.717) is 63.8 Å². The molecule has 53 heavy (non-hydrogen) atoms. The number of carbonyl (C=O) groups is 2. The molecule has 2 saturated heterocycles. The number of benzene rings is 3. The lowest BCUT2D eigenvalue weighted by molar-refractivity contribution is -0.157. The minimum absolute atomic E-state index is 0.0284. The van der Waals surface area contributed by atoms with Gasteiger partial charge in [-0.25, -0.2) is 4.79 Å². The van der Waals surface area contributed by atoms with E-state index < -0.39 is 53.0 Å². The zero-order valence-electron chi connectivity index (χ0n) is 29.8. The number of carbonyl (C=O) groups excluding carboxylic acids is 2. The molecule has 0 aromatic heterocycles. The number of esters is 2. The van der Waals surface area contributed by atoms with Crippen molar-refractivity contribution < 1.29 is 53.3 Å². The molecule has 0 saturated carbocycles. The summed E-state index contributed by atoms with van der Waals surface area (Å²) in [7, 11) is 2.96. The first-order chi connectivity index (χ1) is 25.5. The number of thioether (sulfide) groups is 1. The summed E-state index contributed by atoms with van der Waals surface area (Å²) in [6, 6.07) is 3.14. The number of rotatable bonds is 3. The van der Waals surface area contributed by atoms with Gasteiger partial charge in [-0.2, -0.15) is 0 Å². The number of nitrogens with one attached hydrogen (secondary N) is 1. The van der Waals surface area contributed by atoms with Gasteiger partial charge in [-0.05, 0) is 60.2 Å². The highest BCUT2D eigenvalue weighted by atomic mass is 32.2. The van der Waals surface area contributed by atoms with Crippen LogP contribution in [0.4, 0.5) is 0 Å². The standard InChI is InChI=1S/C38H40N3O11S/c1-15-8-19-20-11-39-28(25(19)30(44)31(15)48-5)29-35-27-26(34-33(50-14-51-34)16(2)32(27)52-17(3)42)22(41(29)36(20)45)12-49-37(46)38(13-53-35)21-10-24(47-4)23(43)9-18(21)6-7-40-38/h8-10,20,22,28-29,35-36,40,43-45H,6-7,11-14H2,1-5H3/q-1/t20?,22-,28+,29?,35+,36-,38+/m0/s1. The van der Waals surface area contributed by atoms with Crippen molar-refractivity contribution in [2.45, 2.75) is 68.3 Å². The number of ether oxygens (including phenoxy) is 6. The van der Waals surface area contributed by atoms with Crippen molar-refractivity contribution in [3.8, 4) is 40.2 Å². The quantitative estimate of drug-likeness (QED) is 0.223. The zero-order chi connectivity index (χ0) is 37.1. The molecule has 280 valence electrons. The van der Waals surface area contributed by atoms with E-state index in [1.54, 1.807) is 12.1 Å². The van der Waals surface area contributed by atoms with E-state index in [1.165, 1.54) is 32.9 Å². The normalized spacial score (nSPS) is 30.4. The van der Waals surface area contributed by atoms with Crippen molar-refractivity contribution in [2.24, 2.45) is 0 Å². The average molecular weight is 747 g/mol. The van der Waals surface area contributed by atoms with Crippen LogP contribution in [-0.2, 0) is 26.3 Å². The number of aliphatic hydroxyl groups excluding tert-OH is 1. The Labute approximate surface area is 309 Å². The van der Waals surface area contributed by atoms with Crippen LogP contribution in [0.1, 0.15) is 74.7 Å². The molecule has 2 fully saturated rings. The summed E-state index contributed by atoms with van der Waals surface area (Å²) in [4.78, 5) is 29.5. The Morgan fingerprint density at radius 1 is 1.06 bits per heavy atom. The third-order valence-corrected chi connectivity index (χ3v) is 13.2. The summed E-state index contributed by atoms with van der Waals surface area (Å²) in [5.74, 6) is 0.194. The van der Waals surface area contributed by atoms with Gasteiger partial charge in [0.2, 0.25) is 6.79 Å². The van der Waals surface area contributed by atoms with E-state index in [9.17, 15) is 24.9 Å². The van der Waals surface area contributed by atoms with Crippen LogP contribution in [0.15, 0.2) is 18.2 Å². The second-order valence-corrected chi connectivity index (χ2v) is 15.5. The molecule has 11 rings (SSSR count). The van der Waals surface area contributed by atoms with Gasteiger partial charge in [-0.3, -0.25) is 15.0 Å². The van der Waals surface area contributed by atoms with Crippen molar-refractivity contribution in [3.63, 3.8) is 0 Å². The molecule has 8 atom stereocenters. The number of methoxy groups -OCH3 is 2. The number of hydrogen-bond acceptors (Lipinski definition) is 14. The minimum atomic E-state index is -1.37. The molecule has 8 aliphatic rings. The third-order valence-electron chi connectivity index (χ3n) is 11.7. The smallest absolute Gasteiger partial charge is 0.331 e. The van der Waals surface area contributed by atoms with Gasteiger partial charge in [0.15, 0.2) is 40.0 Å². The van der Waals surface area contributed by atoms with Crippen LogP contribution < -0.4 is 29.0 Å². The third kappa shape index (κ3) is 4.73. The fraction of sp³-hybridized carbons (Fsp3) is 0.474. The first-order valence-electron chi connectivity index (χ1n) is 17.6. The van der Waals surface area contributed by atoms with Gasteiger partial charge in [0, 0.05) is 53.1 Å². The summed E-state index contributed by atoms with van der Waals surface area (Å²) in [5.41, 5.74) is 3.93. The highest BCUT2D eigenvalue weighted by Crippen LogP contribution is 2.65. The summed E-state index contributed by atoms with van der Waals surface area (Å²) in [5, 5.41) is 43.2. The summed E-state index contributed by atoms with van der Waals surface area (Å²) in [6.07, 6.45) is -0.573. The number of fused-ring (bicyclic) bond motifs is 6. The Hall–Kier alpha value is -4.41. The number of aliphatic hydroxyl groups is 1. The Balaban J connectivity index is 1.32. The number of phenols is 2. The van der Waals surface area contributed by atoms with Crippen molar-refractivity contribution in [1.82, 2.24) is 10.2 Å². The van der Waals surface area contributed by atoms with E-state index in [2.05, 4.69) is 5.32 Å². The average Bonchev–Trinajstić information content (AvgIpc) is 3.55. The Morgan fingerprint density at radius 2 is 1.85 bits per heavy atom. The van der Waals surface area contributed by atoms with E-state index in [1.807, 2.05) is 24.8 Å². The van der Waals surface area contributed by atoms with E-state index in [-0.39, 0.29) is 42.9 Å². The van der Waals surface area contributed by atoms with Crippen LogP contribution in [0.2, 0.25) is 0 Å². The highest BCUT2D eigenvalue weighted by molar-refractivity contribution is 7.99. The van der Waals surface area contributed by atoms with Crippen LogP contribution in [-0.4, -0.2) is 90.9 Å². The monoisotopic (exact) mass is 746 g/mol. The first-order valence-corrected chi connectivity index (χ1v) is 18.7. The maximum atomic E-state index is 14.7. The van der Waals surface area contributed by atoms with Crippen LogP contribution in [0.5, 0.6) is 40.2 Å².